The number of nitrogens with zero attached hydrogens (tertiary/aromatic N) is 1. The van der Waals surface area contributed by atoms with E-state index in [0.717, 1.165) is 68.6 Å². The number of aliphatic hydroxyl groups is 1. The van der Waals surface area contributed by atoms with Crippen LogP contribution in [0, 0.1) is 10.8 Å². The number of benzene rings is 1. The second-order valence-electron chi connectivity index (χ2n) is 9.15. The number of nitrogens with one attached hydrogen (secondary N) is 2. The van der Waals surface area contributed by atoms with Crippen LogP contribution in [0.3, 0.4) is 0 Å². The topological polar surface area (TPSA) is 102 Å². The average molecular weight is 435 g/mol. The van der Waals surface area contributed by atoms with Gasteiger partial charge in [0.05, 0.1) is 6.10 Å². The van der Waals surface area contributed by atoms with Crippen LogP contribution in [-0.2, 0) is 4.79 Å². The SMILES string of the molecule is N=C(N)C1(CCCCCN2CCC(O)CC2)C=CC=C(C2=Cc3ccccc3NC2)C1=O. The molecule has 6 heteroatoms. The molecule has 32 heavy (non-hydrogen) atoms. The summed E-state index contributed by atoms with van der Waals surface area (Å²) in [5, 5.41) is 21.3. The smallest absolute Gasteiger partial charge is 0.180 e. The summed E-state index contributed by atoms with van der Waals surface area (Å²) in [7, 11) is 0. The summed E-state index contributed by atoms with van der Waals surface area (Å²) in [6.45, 7) is 3.52. The van der Waals surface area contributed by atoms with Gasteiger partial charge in [0.2, 0.25) is 0 Å². The van der Waals surface area contributed by atoms with Gasteiger partial charge in [-0.05, 0) is 55.5 Å². The number of unbranched alkanes of at least 4 members (excludes halogenated alkanes) is 2. The van der Waals surface area contributed by atoms with Crippen LogP contribution in [0.25, 0.3) is 6.08 Å². The van der Waals surface area contributed by atoms with Gasteiger partial charge in [-0.2, -0.15) is 0 Å². The van der Waals surface area contributed by atoms with Gasteiger partial charge in [0, 0.05) is 30.9 Å². The molecule has 3 aliphatic rings. The number of Topliss-reactive ketones (excluding diaryl/α,β-unsaturated/α-hetero) is 1. The molecule has 6 nitrogen and oxygen atoms in total. The Hall–Kier alpha value is -2.70. The van der Waals surface area contributed by atoms with Gasteiger partial charge in [-0.15, -0.1) is 0 Å². The lowest BCUT2D eigenvalue weighted by Gasteiger charge is -2.33. The first-order valence-electron chi connectivity index (χ1n) is 11.7. The largest absolute Gasteiger partial charge is 0.393 e. The zero-order chi connectivity index (χ0) is 22.6. The van der Waals surface area contributed by atoms with Crippen molar-refractivity contribution in [3.63, 3.8) is 0 Å². The maximum atomic E-state index is 13.6. The van der Waals surface area contributed by atoms with Crippen LogP contribution in [0.2, 0.25) is 0 Å². The highest BCUT2D eigenvalue weighted by atomic mass is 16.3. The van der Waals surface area contributed by atoms with Crippen LogP contribution < -0.4 is 11.1 Å². The van der Waals surface area contributed by atoms with Crippen molar-refractivity contribution in [1.29, 1.82) is 5.41 Å². The first-order chi connectivity index (χ1) is 15.5. The molecule has 1 atom stereocenters. The molecule has 170 valence electrons. The lowest BCUT2D eigenvalue weighted by molar-refractivity contribution is -0.120. The standard InChI is InChI=1S/C26H34N4O2/c27-25(28)26(12-4-1-5-14-30-15-10-21(31)11-16-30)13-6-8-22(24(26)32)20-17-19-7-2-3-9-23(19)29-18-20/h2-3,6-9,13,17,21,29,31H,1,4-5,10-12,14-16,18H2,(H3,27,28). The maximum absolute atomic E-state index is 13.6. The molecule has 1 saturated heterocycles. The summed E-state index contributed by atoms with van der Waals surface area (Å²) in [6.07, 6.45) is 12.7. The van der Waals surface area contributed by atoms with E-state index in [2.05, 4.69) is 16.3 Å². The van der Waals surface area contributed by atoms with E-state index in [1.54, 1.807) is 0 Å². The zero-order valence-corrected chi connectivity index (χ0v) is 18.6. The maximum Gasteiger partial charge on any atom is 0.180 e. The molecule has 0 amide bonds. The highest BCUT2D eigenvalue weighted by Crippen LogP contribution is 2.38. The van der Waals surface area contributed by atoms with Gasteiger partial charge in [-0.1, -0.05) is 49.3 Å². The number of carbonyl (C=O) groups excluding carboxylic acids is 1. The molecular formula is C26H34N4O2. The summed E-state index contributed by atoms with van der Waals surface area (Å²) in [5.41, 5.74) is 8.70. The summed E-state index contributed by atoms with van der Waals surface area (Å²) >= 11 is 0. The third-order valence-corrected chi connectivity index (χ3v) is 6.98. The van der Waals surface area contributed by atoms with E-state index in [4.69, 9.17) is 11.1 Å². The monoisotopic (exact) mass is 434 g/mol. The lowest BCUT2D eigenvalue weighted by Crippen LogP contribution is -2.44. The van der Waals surface area contributed by atoms with E-state index in [9.17, 15) is 9.90 Å². The number of hydrogen-bond acceptors (Lipinski definition) is 5. The Morgan fingerprint density at radius 3 is 2.78 bits per heavy atom. The molecule has 5 N–H and O–H groups in total. The van der Waals surface area contributed by atoms with Gasteiger partial charge in [0.15, 0.2) is 5.78 Å². The molecular weight excluding hydrogens is 400 g/mol. The number of aliphatic hydroxyl groups excluding tert-OH is 1. The third kappa shape index (κ3) is 4.71. The Balaban J connectivity index is 1.38. The van der Waals surface area contributed by atoms with Crippen molar-refractivity contribution in [2.75, 3.05) is 31.5 Å². The summed E-state index contributed by atoms with van der Waals surface area (Å²) in [4.78, 5) is 16.0. The van der Waals surface area contributed by atoms with Crippen LogP contribution in [0.4, 0.5) is 5.69 Å². The highest BCUT2D eigenvalue weighted by Gasteiger charge is 2.42. The fourth-order valence-corrected chi connectivity index (χ4v) is 4.94. The van der Waals surface area contributed by atoms with E-state index < -0.39 is 5.41 Å². The Kier molecular flexibility index (Phi) is 6.92. The predicted octanol–water partition coefficient (Wildman–Crippen LogP) is 3.50. The van der Waals surface area contributed by atoms with Crippen LogP contribution in [-0.4, -0.2) is 53.9 Å². The van der Waals surface area contributed by atoms with E-state index in [-0.39, 0.29) is 17.7 Å². The van der Waals surface area contributed by atoms with E-state index in [0.29, 0.717) is 18.5 Å². The number of nitrogens with two attached hydrogens (primary N) is 1. The van der Waals surface area contributed by atoms with Crippen molar-refractivity contribution in [2.45, 2.75) is 44.6 Å². The summed E-state index contributed by atoms with van der Waals surface area (Å²) in [6, 6.07) is 8.05. The van der Waals surface area contributed by atoms with Gasteiger partial charge in [-0.25, -0.2) is 0 Å². The fraction of sp³-hybridized carbons (Fsp3) is 0.462. The molecule has 1 unspecified atom stereocenters. The second-order valence-corrected chi connectivity index (χ2v) is 9.15. The minimum atomic E-state index is -1.04. The quantitative estimate of drug-likeness (QED) is 0.285. The number of hydrogen-bond donors (Lipinski definition) is 4. The molecule has 0 aromatic heterocycles. The molecule has 0 radical (unpaired) electrons. The number of piperidine rings is 1. The second kappa shape index (κ2) is 9.84. The molecule has 0 saturated carbocycles. The molecule has 1 aromatic rings. The van der Waals surface area contributed by atoms with Gasteiger partial charge >= 0.3 is 0 Å². The normalized spacial score (nSPS) is 23.8. The molecule has 1 aromatic carbocycles. The number of allylic oxidation sites excluding steroid dienone is 2. The van der Waals surface area contributed by atoms with Gasteiger partial charge < -0.3 is 21.1 Å². The minimum Gasteiger partial charge on any atom is -0.393 e. The molecule has 2 aliphatic heterocycles. The molecule has 2 heterocycles. The molecule has 1 fully saturated rings. The molecule has 4 rings (SSSR count). The van der Waals surface area contributed by atoms with Gasteiger partial charge in [0.25, 0.3) is 0 Å². The number of rotatable bonds is 8. The van der Waals surface area contributed by atoms with Crippen LogP contribution >= 0.6 is 0 Å². The van der Waals surface area contributed by atoms with Crippen molar-refractivity contribution in [2.24, 2.45) is 11.1 Å². The number of likely N-dealkylation sites (tertiary alicyclic amines) is 1. The van der Waals surface area contributed by atoms with E-state index in [1.165, 1.54) is 0 Å². The van der Waals surface area contributed by atoms with E-state index >= 15 is 0 Å². The molecule has 1 aliphatic carbocycles. The number of para-hydroxylation sites is 1. The third-order valence-electron chi connectivity index (χ3n) is 6.98. The van der Waals surface area contributed by atoms with Crippen LogP contribution in [0.15, 0.2) is 53.6 Å². The first kappa shape index (κ1) is 22.5. The Bertz CT molecular complexity index is 956. The van der Waals surface area contributed by atoms with Crippen molar-refractivity contribution >= 4 is 23.4 Å². The number of ketones is 1. The van der Waals surface area contributed by atoms with Crippen molar-refractivity contribution in [3.8, 4) is 0 Å². The molecule has 0 spiro atoms. The van der Waals surface area contributed by atoms with Crippen LogP contribution in [0.1, 0.15) is 44.1 Å². The molecule has 0 bridgehead atoms. The number of carbonyl (C=O) groups is 1. The Morgan fingerprint density at radius 2 is 2.00 bits per heavy atom. The first-order valence-corrected chi connectivity index (χ1v) is 11.7. The number of fused-ring (bicyclic) bond motifs is 1. The van der Waals surface area contributed by atoms with Crippen molar-refractivity contribution < 1.29 is 9.90 Å². The van der Waals surface area contributed by atoms with Crippen LogP contribution in [0.5, 0.6) is 0 Å². The number of anilines is 1. The van der Waals surface area contributed by atoms with E-state index in [1.807, 2.05) is 42.5 Å². The Labute approximate surface area is 190 Å². The van der Waals surface area contributed by atoms with Crippen molar-refractivity contribution in [3.05, 3.63) is 59.2 Å². The zero-order valence-electron chi connectivity index (χ0n) is 18.6. The average Bonchev–Trinajstić information content (AvgIpc) is 2.80. The fourth-order valence-electron chi connectivity index (χ4n) is 4.94. The Morgan fingerprint density at radius 1 is 1.22 bits per heavy atom. The minimum absolute atomic E-state index is 0.0649. The van der Waals surface area contributed by atoms with Crippen molar-refractivity contribution in [1.82, 2.24) is 4.90 Å². The summed E-state index contributed by atoms with van der Waals surface area (Å²) in [5.74, 6) is -0.135. The summed E-state index contributed by atoms with van der Waals surface area (Å²) < 4.78 is 0. The predicted molar refractivity (Wildman–Crippen MR) is 130 cm³/mol. The lowest BCUT2D eigenvalue weighted by atomic mass is 9.71. The van der Waals surface area contributed by atoms with Gasteiger partial charge in [-0.3, -0.25) is 10.2 Å². The number of amidine groups is 1. The highest BCUT2D eigenvalue weighted by molar-refractivity contribution is 6.19. The van der Waals surface area contributed by atoms with Gasteiger partial charge in [0.1, 0.15) is 11.3 Å².